The number of nitrogens with one attached hydrogen (secondary N) is 1. The third-order valence-electron chi connectivity index (χ3n) is 3.18. The summed E-state index contributed by atoms with van der Waals surface area (Å²) in [5.74, 6) is 0. The second-order valence-corrected chi connectivity index (χ2v) is 4.53. The Labute approximate surface area is 111 Å². The molecule has 104 valence electrons. The number of nitro benzene ring substituents is 1. The molecule has 0 spiro atoms. The molecule has 1 aromatic rings. The summed E-state index contributed by atoms with van der Waals surface area (Å²) in [5, 5.41) is 14.1. The van der Waals surface area contributed by atoms with Crippen molar-refractivity contribution in [2.75, 3.05) is 26.3 Å². The average molecular weight is 266 g/mol. The highest BCUT2D eigenvalue weighted by Crippen LogP contribution is 2.21. The van der Waals surface area contributed by atoms with Gasteiger partial charge in [-0.2, -0.15) is 0 Å². The lowest BCUT2D eigenvalue weighted by Gasteiger charge is -2.23. The van der Waals surface area contributed by atoms with Crippen LogP contribution in [0.1, 0.15) is 11.1 Å². The number of hydrogen-bond donors (Lipinski definition) is 1. The van der Waals surface area contributed by atoms with Crippen LogP contribution in [0.25, 0.3) is 0 Å². The minimum atomic E-state index is -0.368. The van der Waals surface area contributed by atoms with E-state index in [4.69, 9.17) is 9.47 Å². The van der Waals surface area contributed by atoms with Crippen LogP contribution in [0.5, 0.6) is 0 Å². The zero-order valence-corrected chi connectivity index (χ0v) is 10.9. The predicted octanol–water partition coefficient (Wildman–Crippen LogP) is 1.41. The van der Waals surface area contributed by atoms with Crippen LogP contribution in [0.3, 0.4) is 0 Å². The molecule has 1 unspecified atom stereocenters. The highest BCUT2D eigenvalue weighted by atomic mass is 16.6. The lowest BCUT2D eigenvalue weighted by molar-refractivity contribution is -0.385. The molecule has 0 amide bonds. The standard InChI is InChI=1S/C13H18N2O4/c1-10-11(3-2-4-13(10)15(16)17)8-18-9-12-7-14-5-6-19-12/h2-4,12,14H,5-9H2,1H3. The van der Waals surface area contributed by atoms with Crippen molar-refractivity contribution in [2.45, 2.75) is 19.6 Å². The summed E-state index contributed by atoms with van der Waals surface area (Å²) in [7, 11) is 0. The molecular formula is C13H18N2O4. The Morgan fingerprint density at radius 1 is 1.58 bits per heavy atom. The molecule has 2 rings (SSSR count). The summed E-state index contributed by atoms with van der Waals surface area (Å²) in [6.45, 7) is 4.97. The number of hydrogen-bond acceptors (Lipinski definition) is 5. The van der Waals surface area contributed by atoms with Gasteiger partial charge in [-0.3, -0.25) is 10.1 Å². The summed E-state index contributed by atoms with van der Waals surface area (Å²) >= 11 is 0. The van der Waals surface area contributed by atoms with Crippen molar-refractivity contribution in [1.29, 1.82) is 0 Å². The van der Waals surface area contributed by atoms with Gasteiger partial charge < -0.3 is 14.8 Å². The van der Waals surface area contributed by atoms with Gasteiger partial charge in [-0.05, 0) is 12.5 Å². The van der Waals surface area contributed by atoms with Crippen molar-refractivity contribution >= 4 is 5.69 Å². The summed E-state index contributed by atoms with van der Waals surface area (Å²) in [4.78, 5) is 10.5. The van der Waals surface area contributed by atoms with Crippen LogP contribution < -0.4 is 5.32 Å². The maximum absolute atomic E-state index is 10.8. The maximum atomic E-state index is 10.8. The Morgan fingerprint density at radius 2 is 2.42 bits per heavy atom. The van der Waals surface area contributed by atoms with E-state index in [-0.39, 0.29) is 16.7 Å². The van der Waals surface area contributed by atoms with Crippen LogP contribution in [-0.4, -0.2) is 37.3 Å². The van der Waals surface area contributed by atoms with Crippen LogP contribution >= 0.6 is 0 Å². The highest BCUT2D eigenvalue weighted by Gasteiger charge is 2.15. The summed E-state index contributed by atoms with van der Waals surface area (Å²) < 4.78 is 11.1. The van der Waals surface area contributed by atoms with E-state index in [0.717, 1.165) is 18.7 Å². The number of benzene rings is 1. The molecule has 1 atom stereocenters. The van der Waals surface area contributed by atoms with Crippen LogP contribution in [0.15, 0.2) is 18.2 Å². The molecule has 0 radical (unpaired) electrons. The average Bonchev–Trinajstić information content (AvgIpc) is 2.41. The minimum absolute atomic E-state index is 0.0627. The Hall–Kier alpha value is -1.50. The molecule has 19 heavy (non-hydrogen) atoms. The molecule has 1 aromatic carbocycles. The molecule has 0 aliphatic carbocycles. The third kappa shape index (κ3) is 3.73. The topological polar surface area (TPSA) is 73.6 Å². The SMILES string of the molecule is Cc1c(COCC2CNCCO2)cccc1[N+](=O)[O-]. The Morgan fingerprint density at radius 3 is 3.11 bits per heavy atom. The number of morpholine rings is 1. The normalized spacial score (nSPS) is 19.3. The quantitative estimate of drug-likeness (QED) is 0.644. The van der Waals surface area contributed by atoms with Crippen LogP contribution in [-0.2, 0) is 16.1 Å². The summed E-state index contributed by atoms with van der Waals surface area (Å²) in [6.07, 6.45) is 0.0627. The van der Waals surface area contributed by atoms with Gasteiger partial charge in [0.1, 0.15) is 0 Å². The first-order chi connectivity index (χ1) is 9.18. The highest BCUT2D eigenvalue weighted by molar-refractivity contribution is 5.44. The van der Waals surface area contributed by atoms with Crippen LogP contribution in [0, 0.1) is 17.0 Å². The minimum Gasteiger partial charge on any atom is -0.374 e. The zero-order chi connectivity index (χ0) is 13.7. The van der Waals surface area contributed by atoms with E-state index in [9.17, 15) is 10.1 Å². The van der Waals surface area contributed by atoms with Crippen molar-refractivity contribution in [1.82, 2.24) is 5.32 Å². The Bertz CT molecular complexity index is 444. The van der Waals surface area contributed by atoms with Crippen molar-refractivity contribution in [3.05, 3.63) is 39.4 Å². The molecule has 1 saturated heterocycles. The largest absolute Gasteiger partial charge is 0.374 e. The first-order valence-electron chi connectivity index (χ1n) is 6.31. The first-order valence-corrected chi connectivity index (χ1v) is 6.31. The van der Waals surface area contributed by atoms with Gasteiger partial charge in [0, 0.05) is 24.7 Å². The smallest absolute Gasteiger partial charge is 0.272 e. The van der Waals surface area contributed by atoms with Gasteiger partial charge in [0.15, 0.2) is 0 Å². The number of nitro groups is 1. The van der Waals surface area contributed by atoms with E-state index in [1.807, 2.05) is 6.07 Å². The molecule has 6 nitrogen and oxygen atoms in total. The number of rotatable bonds is 5. The second-order valence-electron chi connectivity index (χ2n) is 4.53. The fourth-order valence-electron chi connectivity index (χ4n) is 2.05. The molecule has 1 heterocycles. The van der Waals surface area contributed by atoms with Gasteiger partial charge in [-0.25, -0.2) is 0 Å². The third-order valence-corrected chi connectivity index (χ3v) is 3.18. The van der Waals surface area contributed by atoms with E-state index in [2.05, 4.69) is 5.32 Å². The lowest BCUT2D eigenvalue weighted by Crippen LogP contribution is -2.40. The molecule has 1 aliphatic rings. The molecule has 1 N–H and O–H groups in total. The molecule has 6 heteroatoms. The van der Waals surface area contributed by atoms with Crippen LogP contribution in [0.4, 0.5) is 5.69 Å². The predicted molar refractivity (Wildman–Crippen MR) is 70.1 cm³/mol. The summed E-state index contributed by atoms with van der Waals surface area (Å²) in [5.41, 5.74) is 1.64. The Kier molecular flexibility index (Phi) is 4.84. The van der Waals surface area contributed by atoms with Gasteiger partial charge in [0.2, 0.25) is 0 Å². The van der Waals surface area contributed by atoms with E-state index in [1.165, 1.54) is 6.07 Å². The molecular weight excluding hydrogens is 248 g/mol. The second kappa shape index (κ2) is 6.60. The van der Waals surface area contributed by atoms with Crippen molar-refractivity contribution in [3.63, 3.8) is 0 Å². The van der Waals surface area contributed by atoms with E-state index in [0.29, 0.717) is 25.4 Å². The fourth-order valence-corrected chi connectivity index (χ4v) is 2.05. The van der Waals surface area contributed by atoms with E-state index >= 15 is 0 Å². The van der Waals surface area contributed by atoms with Gasteiger partial charge in [0.05, 0.1) is 30.8 Å². The zero-order valence-electron chi connectivity index (χ0n) is 10.9. The van der Waals surface area contributed by atoms with Gasteiger partial charge in [0.25, 0.3) is 5.69 Å². The van der Waals surface area contributed by atoms with E-state index < -0.39 is 0 Å². The monoisotopic (exact) mass is 266 g/mol. The van der Waals surface area contributed by atoms with E-state index in [1.54, 1.807) is 13.0 Å². The molecule has 0 saturated carbocycles. The van der Waals surface area contributed by atoms with Crippen molar-refractivity contribution < 1.29 is 14.4 Å². The van der Waals surface area contributed by atoms with Gasteiger partial charge >= 0.3 is 0 Å². The first kappa shape index (κ1) is 13.9. The molecule has 0 aromatic heterocycles. The van der Waals surface area contributed by atoms with Gasteiger partial charge in [-0.1, -0.05) is 12.1 Å². The molecule has 1 fully saturated rings. The number of ether oxygens (including phenoxy) is 2. The van der Waals surface area contributed by atoms with Crippen molar-refractivity contribution in [2.24, 2.45) is 0 Å². The summed E-state index contributed by atoms with van der Waals surface area (Å²) in [6, 6.07) is 5.04. The lowest BCUT2D eigenvalue weighted by atomic mass is 10.1. The molecule has 1 aliphatic heterocycles. The van der Waals surface area contributed by atoms with Crippen molar-refractivity contribution in [3.8, 4) is 0 Å². The maximum Gasteiger partial charge on any atom is 0.272 e. The van der Waals surface area contributed by atoms with Gasteiger partial charge in [-0.15, -0.1) is 0 Å². The number of nitrogens with zero attached hydrogens (tertiary/aromatic N) is 1. The van der Waals surface area contributed by atoms with Crippen LogP contribution in [0.2, 0.25) is 0 Å². The molecule has 0 bridgehead atoms. The fraction of sp³-hybridized carbons (Fsp3) is 0.538. The Balaban J connectivity index is 1.88.